The number of piperidine rings is 1. The lowest BCUT2D eigenvalue weighted by Gasteiger charge is -2.48. The average molecular weight is 309 g/mol. The van der Waals surface area contributed by atoms with Gasteiger partial charge in [-0.2, -0.15) is 0 Å². The summed E-state index contributed by atoms with van der Waals surface area (Å²) < 4.78 is 0. The highest BCUT2D eigenvalue weighted by atomic mass is 35.5. The molecule has 1 aromatic carbocycles. The van der Waals surface area contributed by atoms with Crippen molar-refractivity contribution >= 4 is 17.3 Å². The third-order valence-electron chi connectivity index (χ3n) is 5.27. The highest BCUT2D eigenvalue weighted by Gasteiger charge is 2.42. The molecule has 21 heavy (non-hydrogen) atoms. The van der Waals surface area contributed by atoms with Gasteiger partial charge in [-0.15, -0.1) is 0 Å². The maximum atomic E-state index is 10.8. The summed E-state index contributed by atoms with van der Waals surface area (Å²) in [7, 11) is 0. The van der Waals surface area contributed by atoms with Crippen LogP contribution in [-0.4, -0.2) is 23.8 Å². The Balaban J connectivity index is 1.79. The molecule has 116 valence electrons. The zero-order valence-electron chi connectivity index (χ0n) is 12.7. The number of hydrogen-bond donors (Lipinski definition) is 2. The molecule has 1 aliphatic heterocycles. The van der Waals surface area contributed by atoms with Crippen molar-refractivity contribution in [1.29, 1.82) is 0 Å². The summed E-state index contributed by atoms with van der Waals surface area (Å²) in [5.74, 6) is 0.379. The van der Waals surface area contributed by atoms with E-state index in [0.717, 1.165) is 55.0 Å². The third-order valence-corrected chi connectivity index (χ3v) is 5.57. The minimum atomic E-state index is -0.438. The molecule has 3 nitrogen and oxygen atoms in total. The molecule has 2 unspecified atom stereocenters. The molecular formula is C17H25ClN2O. The molecule has 2 fully saturated rings. The second-order valence-electron chi connectivity index (χ2n) is 6.74. The summed E-state index contributed by atoms with van der Waals surface area (Å²) in [4.78, 5) is 2.33. The summed E-state index contributed by atoms with van der Waals surface area (Å²) in [6, 6.07) is 6.12. The first-order valence-electron chi connectivity index (χ1n) is 8.02. The molecule has 0 bridgehead atoms. The fourth-order valence-electron chi connectivity index (χ4n) is 3.85. The molecular weight excluding hydrogens is 284 g/mol. The molecule has 3 rings (SSSR count). The zero-order chi connectivity index (χ0) is 15.0. The second kappa shape index (κ2) is 5.79. The monoisotopic (exact) mass is 308 g/mol. The Kier molecular flexibility index (Phi) is 4.17. The molecule has 1 heterocycles. The number of rotatable bonds is 2. The van der Waals surface area contributed by atoms with Crippen molar-refractivity contribution in [3.8, 4) is 0 Å². The van der Waals surface area contributed by atoms with Crippen LogP contribution in [0, 0.1) is 5.92 Å². The highest BCUT2D eigenvalue weighted by Crippen LogP contribution is 2.42. The van der Waals surface area contributed by atoms with Crippen molar-refractivity contribution in [3.05, 3.63) is 28.8 Å². The van der Waals surface area contributed by atoms with Crippen LogP contribution in [0.1, 0.15) is 50.6 Å². The van der Waals surface area contributed by atoms with Crippen molar-refractivity contribution < 1.29 is 5.11 Å². The zero-order valence-corrected chi connectivity index (χ0v) is 13.4. The summed E-state index contributed by atoms with van der Waals surface area (Å²) in [5.41, 5.74) is 7.62. The Bertz CT molecular complexity index is 520. The molecule has 2 aliphatic rings. The molecule has 3 atom stereocenters. The molecule has 1 saturated heterocycles. The normalized spacial score (nSPS) is 30.9. The van der Waals surface area contributed by atoms with E-state index >= 15 is 0 Å². The molecule has 1 saturated carbocycles. The van der Waals surface area contributed by atoms with E-state index in [1.54, 1.807) is 0 Å². The van der Waals surface area contributed by atoms with Crippen molar-refractivity contribution in [3.63, 3.8) is 0 Å². The topological polar surface area (TPSA) is 49.5 Å². The van der Waals surface area contributed by atoms with Crippen LogP contribution in [-0.2, 0) is 0 Å². The van der Waals surface area contributed by atoms with Crippen molar-refractivity contribution in [2.75, 3.05) is 18.0 Å². The third kappa shape index (κ3) is 2.92. The highest BCUT2D eigenvalue weighted by molar-refractivity contribution is 6.33. The number of fused-ring (bicyclic) bond motifs is 1. The Morgan fingerprint density at radius 2 is 2.19 bits per heavy atom. The summed E-state index contributed by atoms with van der Waals surface area (Å²) in [5, 5.41) is 11.5. The van der Waals surface area contributed by atoms with Crippen LogP contribution in [0.4, 0.5) is 5.69 Å². The fraction of sp³-hybridized carbons (Fsp3) is 0.647. The van der Waals surface area contributed by atoms with Crippen LogP contribution < -0.4 is 10.6 Å². The number of nitrogens with zero attached hydrogens (tertiary/aromatic N) is 1. The van der Waals surface area contributed by atoms with E-state index in [4.69, 9.17) is 17.3 Å². The fourth-order valence-corrected chi connectivity index (χ4v) is 4.16. The lowest BCUT2D eigenvalue weighted by molar-refractivity contribution is -0.0612. The number of halogens is 1. The molecule has 0 spiro atoms. The standard InChI is InChI=1S/C17H25ClN2O/c1-12(19)13-5-6-16(15(18)10-13)20-9-8-17(21)7-3-2-4-14(17)11-20/h5-6,10,12,14,21H,2-4,7-9,11,19H2,1H3/t12-,14?,17?/m1/s1. The predicted octanol–water partition coefficient (Wildman–Crippen LogP) is 3.49. The van der Waals surface area contributed by atoms with Crippen molar-refractivity contribution in [1.82, 2.24) is 0 Å². The first-order valence-corrected chi connectivity index (χ1v) is 8.40. The summed E-state index contributed by atoms with van der Waals surface area (Å²) >= 11 is 6.46. The van der Waals surface area contributed by atoms with Crippen molar-refractivity contribution in [2.45, 2.75) is 50.7 Å². The molecule has 3 N–H and O–H groups in total. The van der Waals surface area contributed by atoms with Gasteiger partial charge in [-0.05, 0) is 43.9 Å². The number of aliphatic hydroxyl groups is 1. The van der Waals surface area contributed by atoms with E-state index in [1.807, 2.05) is 13.0 Å². The van der Waals surface area contributed by atoms with Crippen LogP contribution in [0.5, 0.6) is 0 Å². The minimum Gasteiger partial charge on any atom is -0.389 e. The first-order chi connectivity index (χ1) is 9.99. The maximum Gasteiger partial charge on any atom is 0.0709 e. The maximum absolute atomic E-state index is 10.8. The van der Waals surface area contributed by atoms with Gasteiger partial charge in [0.05, 0.1) is 16.3 Å². The van der Waals surface area contributed by atoms with Gasteiger partial charge < -0.3 is 15.7 Å². The lowest BCUT2D eigenvalue weighted by Crippen LogP contribution is -2.53. The second-order valence-corrected chi connectivity index (χ2v) is 7.15. The smallest absolute Gasteiger partial charge is 0.0709 e. The Hall–Kier alpha value is -0.770. The number of nitrogens with two attached hydrogens (primary N) is 1. The van der Waals surface area contributed by atoms with Gasteiger partial charge in [0.15, 0.2) is 0 Å². The summed E-state index contributed by atoms with van der Waals surface area (Å²) in [6.45, 7) is 3.76. The van der Waals surface area contributed by atoms with Gasteiger partial charge in [0, 0.05) is 25.0 Å². The van der Waals surface area contributed by atoms with Gasteiger partial charge in [0.25, 0.3) is 0 Å². The van der Waals surface area contributed by atoms with Crippen molar-refractivity contribution in [2.24, 2.45) is 11.7 Å². The van der Waals surface area contributed by atoms with Crippen LogP contribution in [0.3, 0.4) is 0 Å². The molecule has 0 radical (unpaired) electrons. The number of hydrogen-bond acceptors (Lipinski definition) is 3. The largest absolute Gasteiger partial charge is 0.389 e. The van der Waals surface area contributed by atoms with E-state index < -0.39 is 5.60 Å². The van der Waals surface area contributed by atoms with E-state index in [1.165, 1.54) is 6.42 Å². The van der Waals surface area contributed by atoms with Gasteiger partial charge in [-0.3, -0.25) is 0 Å². The van der Waals surface area contributed by atoms with Gasteiger partial charge in [-0.1, -0.05) is 30.5 Å². The molecule has 1 aromatic rings. The van der Waals surface area contributed by atoms with Gasteiger partial charge in [0.1, 0.15) is 0 Å². The Morgan fingerprint density at radius 3 is 2.90 bits per heavy atom. The van der Waals surface area contributed by atoms with Crippen LogP contribution in [0.15, 0.2) is 18.2 Å². The first kappa shape index (κ1) is 15.1. The van der Waals surface area contributed by atoms with E-state index in [0.29, 0.717) is 5.92 Å². The van der Waals surface area contributed by atoms with Gasteiger partial charge >= 0.3 is 0 Å². The Morgan fingerprint density at radius 1 is 1.38 bits per heavy atom. The van der Waals surface area contributed by atoms with E-state index in [2.05, 4.69) is 17.0 Å². The Labute approximate surface area is 132 Å². The predicted molar refractivity (Wildman–Crippen MR) is 87.8 cm³/mol. The SMILES string of the molecule is C[C@@H](N)c1ccc(N2CCC3(O)CCCCC3C2)c(Cl)c1. The molecule has 1 aliphatic carbocycles. The van der Waals surface area contributed by atoms with Crippen LogP contribution in [0.25, 0.3) is 0 Å². The summed E-state index contributed by atoms with van der Waals surface area (Å²) in [6.07, 6.45) is 5.34. The number of anilines is 1. The lowest BCUT2D eigenvalue weighted by atomic mass is 9.71. The van der Waals surface area contributed by atoms with Gasteiger partial charge in [0.2, 0.25) is 0 Å². The number of benzene rings is 1. The van der Waals surface area contributed by atoms with Crippen LogP contribution in [0.2, 0.25) is 5.02 Å². The minimum absolute atomic E-state index is 0.00124. The van der Waals surface area contributed by atoms with E-state index in [9.17, 15) is 5.11 Å². The van der Waals surface area contributed by atoms with E-state index in [-0.39, 0.29) is 6.04 Å². The molecule has 4 heteroatoms. The van der Waals surface area contributed by atoms with Gasteiger partial charge in [-0.25, -0.2) is 0 Å². The average Bonchev–Trinajstić information content (AvgIpc) is 2.46. The van der Waals surface area contributed by atoms with Crippen LogP contribution >= 0.6 is 11.6 Å². The quantitative estimate of drug-likeness (QED) is 0.879. The molecule has 0 aromatic heterocycles. The molecule has 0 amide bonds.